The smallest absolute Gasteiger partial charge is 0.302 e. The molecular formula is C23H38O5. The van der Waals surface area contributed by atoms with Crippen molar-refractivity contribution in [3.8, 4) is 0 Å². The zero-order valence-electron chi connectivity index (χ0n) is 17.8. The van der Waals surface area contributed by atoms with Crippen molar-refractivity contribution in [1.82, 2.24) is 0 Å². The molecule has 3 N–H and O–H groups in total. The first-order valence-corrected chi connectivity index (χ1v) is 11.3. The first kappa shape index (κ1) is 20.6. The Hall–Kier alpha value is -0.650. The minimum Gasteiger partial charge on any atom is -0.460 e. The number of aliphatic hydroxyl groups is 3. The summed E-state index contributed by atoms with van der Waals surface area (Å²) in [4.78, 5) is 11.6. The van der Waals surface area contributed by atoms with E-state index in [1.165, 1.54) is 26.2 Å². The Kier molecular flexibility index (Phi) is 5.12. The zero-order valence-corrected chi connectivity index (χ0v) is 17.8. The molecule has 0 spiro atoms. The maximum absolute atomic E-state index is 11.6. The highest BCUT2D eigenvalue weighted by atomic mass is 16.6. The van der Waals surface area contributed by atoms with Gasteiger partial charge in [-0.1, -0.05) is 27.2 Å². The predicted octanol–water partition coefficient (Wildman–Crippen LogP) is 2.90. The van der Waals surface area contributed by atoms with E-state index in [1.54, 1.807) is 0 Å². The van der Waals surface area contributed by atoms with Crippen LogP contribution in [0.1, 0.15) is 72.6 Å². The molecule has 0 heterocycles. The van der Waals surface area contributed by atoms with E-state index in [0.29, 0.717) is 30.6 Å². The largest absolute Gasteiger partial charge is 0.460 e. The topological polar surface area (TPSA) is 87.0 Å². The van der Waals surface area contributed by atoms with Crippen LogP contribution in [0.25, 0.3) is 0 Å². The molecule has 4 fully saturated rings. The van der Waals surface area contributed by atoms with Gasteiger partial charge in [-0.25, -0.2) is 0 Å². The van der Waals surface area contributed by atoms with Gasteiger partial charge >= 0.3 is 5.97 Å². The van der Waals surface area contributed by atoms with E-state index in [9.17, 15) is 20.1 Å². The van der Waals surface area contributed by atoms with Crippen molar-refractivity contribution in [1.29, 1.82) is 0 Å². The molecule has 0 radical (unpaired) electrons. The Morgan fingerprint density at radius 3 is 2.32 bits per heavy atom. The summed E-state index contributed by atoms with van der Waals surface area (Å²) in [6, 6.07) is 0. The van der Waals surface area contributed by atoms with Gasteiger partial charge in [0.15, 0.2) is 0 Å². The minimum atomic E-state index is -0.817. The van der Waals surface area contributed by atoms with Crippen LogP contribution in [0.5, 0.6) is 0 Å². The number of esters is 1. The monoisotopic (exact) mass is 394 g/mol. The van der Waals surface area contributed by atoms with E-state index in [-0.39, 0.29) is 28.6 Å². The van der Waals surface area contributed by atoms with E-state index in [0.717, 1.165) is 12.8 Å². The lowest BCUT2D eigenvalue weighted by Crippen LogP contribution is -2.66. The van der Waals surface area contributed by atoms with Crippen LogP contribution in [0.3, 0.4) is 0 Å². The maximum atomic E-state index is 11.6. The Morgan fingerprint density at radius 1 is 1.00 bits per heavy atom. The first-order valence-electron chi connectivity index (χ1n) is 11.3. The van der Waals surface area contributed by atoms with Crippen molar-refractivity contribution in [3.05, 3.63) is 0 Å². The molecule has 5 heteroatoms. The maximum Gasteiger partial charge on any atom is 0.302 e. The molecule has 4 rings (SSSR count). The fraction of sp³-hybridized carbons (Fsp3) is 0.957. The van der Waals surface area contributed by atoms with Crippen molar-refractivity contribution in [2.45, 2.75) is 97.1 Å². The van der Waals surface area contributed by atoms with Gasteiger partial charge in [0.25, 0.3) is 0 Å². The summed E-state index contributed by atoms with van der Waals surface area (Å²) < 4.78 is 5.47. The number of ether oxygens (including phenoxy) is 1. The van der Waals surface area contributed by atoms with Gasteiger partial charge in [0, 0.05) is 6.92 Å². The van der Waals surface area contributed by atoms with Crippen LogP contribution < -0.4 is 0 Å². The first-order chi connectivity index (χ1) is 13.1. The van der Waals surface area contributed by atoms with Gasteiger partial charge in [-0.3, -0.25) is 4.79 Å². The average molecular weight is 395 g/mol. The van der Waals surface area contributed by atoms with Gasteiger partial charge in [-0.05, 0) is 78.9 Å². The number of hydrogen-bond acceptors (Lipinski definition) is 5. The van der Waals surface area contributed by atoms with E-state index in [2.05, 4.69) is 20.8 Å². The second kappa shape index (κ2) is 6.95. The van der Waals surface area contributed by atoms with Gasteiger partial charge in [-0.2, -0.15) is 0 Å². The molecule has 0 aromatic carbocycles. The third kappa shape index (κ3) is 2.79. The minimum absolute atomic E-state index is 0.0970. The molecule has 0 aromatic rings. The third-order valence-corrected chi connectivity index (χ3v) is 9.76. The van der Waals surface area contributed by atoms with Gasteiger partial charge in [0.05, 0.1) is 18.3 Å². The molecule has 11 atom stereocenters. The summed E-state index contributed by atoms with van der Waals surface area (Å²) in [5, 5.41) is 32.9. The van der Waals surface area contributed by atoms with Gasteiger partial charge in [0.1, 0.15) is 6.10 Å². The van der Waals surface area contributed by atoms with E-state index in [4.69, 9.17) is 4.74 Å². The molecule has 4 aliphatic rings. The molecule has 0 aromatic heterocycles. The molecule has 5 unspecified atom stereocenters. The number of fused-ring (bicyclic) bond motifs is 5. The van der Waals surface area contributed by atoms with E-state index < -0.39 is 24.4 Å². The summed E-state index contributed by atoms with van der Waals surface area (Å²) >= 11 is 0. The highest BCUT2D eigenvalue weighted by Gasteiger charge is 2.65. The van der Waals surface area contributed by atoms with Crippen LogP contribution >= 0.6 is 0 Å². The van der Waals surface area contributed by atoms with E-state index >= 15 is 0 Å². The average Bonchev–Trinajstić information content (AvgIpc) is 2.97. The second-order valence-electron chi connectivity index (χ2n) is 10.8. The lowest BCUT2D eigenvalue weighted by Gasteiger charge is -2.64. The zero-order chi connectivity index (χ0) is 20.4. The van der Waals surface area contributed by atoms with Crippen molar-refractivity contribution in [2.75, 3.05) is 0 Å². The van der Waals surface area contributed by atoms with Crippen LogP contribution in [0.2, 0.25) is 0 Å². The lowest BCUT2D eigenvalue weighted by atomic mass is 9.43. The normalized spacial score (nSPS) is 55.8. The number of rotatable bonds is 2. The lowest BCUT2D eigenvalue weighted by molar-refractivity contribution is -0.239. The summed E-state index contributed by atoms with van der Waals surface area (Å²) in [5.74, 6) is 1.03. The van der Waals surface area contributed by atoms with Crippen LogP contribution in [0.15, 0.2) is 0 Å². The Labute approximate surface area is 168 Å². The second-order valence-corrected chi connectivity index (χ2v) is 10.8. The number of aliphatic hydroxyl groups excluding tert-OH is 3. The molecule has 160 valence electrons. The summed E-state index contributed by atoms with van der Waals surface area (Å²) in [6.07, 6.45) is 3.89. The molecule has 5 nitrogen and oxygen atoms in total. The number of carbonyl (C=O) groups excluding carboxylic acids is 1. The number of hydrogen-bond donors (Lipinski definition) is 3. The fourth-order valence-electron chi connectivity index (χ4n) is 8.38. The van der Waals surface area contributed by atoms with Crippen LogP contribution in [0.4, 0.5) is 0 Å². The SMILES string of the molecule is CC[C@H]1CCC2C3C(CC[C@@]21C)[C@@]1(C)C[C@@H](OC(C)=O)C(O)CC1[C@@H](O)[C@@H]3O. The highest BCUT2D eigenvalue weighted by Crippen LogP contribution is 2.67. The van der Waals surface area contributed by atoms with Crippen molar-refractivity contribution >= 4 is 5.97 Å². The molecular weight excluding hydrogens is 356 g/mol. The van der Waals surface area contributed by atoms with Crippen LogP contribution in [-0.2, 0) is 9.53 Å². The van der Waals surface area contributed by atoms with Crippen molar-refractivity contribution < 1.29 is 24.9 Å². The van der Waals surface area contributed by atoms with Crippen molar-refractivity contribution in [3.63, 3.8) is 0 Å². The molecule has 4 saturated carbocycles. The molecule has 0 saturated heterocycles. The quantitative estimate of drug-likeness (QED) is 0.627. The Balaban J connectivity index is 1.68. The van der Waals surface area contributed by atoms with E-state index in [1.807, 2.05) is 0 Å². The Bertz CT molecular complexity index is 622. The molecule has 0 aliphatic heterocycles. The standard InChI is InChI=1S/C23H38O5/c1-5-13-6-7-14-19-15(8-9-22(13,14)3)23(4)11-18(28-12(2)24)17(25)10-16(23)20(26)21(19)27/h13-21,25-27H,5-11H2,1-4H3/t13-,14?,15?,16?,17?,18+,19?,20+,21+,22+,23+/m0/s1. The number of carbonyl (C=O) groups is 1. The molecule has 28 heavy (non-hydrogen) atoms. The summed E-state index contributed by atoms with van der Waals surface area (Å²) in [6.45, 7) is 8.29. The highest BCUT2D eigenvalue weighted by molar-refractivity contribution is 5.66. The van der Waals surface area contributed by atoms with Crippen LogP contribution in [-0.4, -0.2) is 45.7 Å². The van der Waals surface area contributed by atoms with Gasteiger partial charge in [0.2, 0.25) is 0 Å². The van der Waals surface area contributed by atoms with Crippen molar-refractivity contribution in [2.24, 2.45) is 40.4 Å². The van der Waals surface area contributed by atoms with Crippen LogP contribution in [0, 0.1) is 40.4 Å². The summed E-state index contributed by atoms with van der Waals surface area (Å²) in [5.41, 5.74) is 0.0254. The summed E-state index contributed by atoms with van der Waals surface area (Å²) in [7, 11) is 0. The molecule has 0 amide bonds. The molecule has 0 bridgehead atoms. The fourth-order valence-corrected chi connectivity index (χ4v) is 8.38. The Morgan fingerprint density at radius 2 is 1.68 bits per heavy atom. The molecule has 4 aliphatic carbocycles. The van der Waals surface area contributed by atoms with Gasteiger partial charge in [-0.15, -0.1) is 0 Å². The predicted molar refractivity (Wildman–Crippen MR) is 105 cm³/mol. The van der Waals surface area contributed by atoms with Gasteiger partial charge < -0.3 is 20.1 Å². The third-order valence-electron chi connectivity index (χ3n) is 9.76.